The van der Waals surface area contributed by atoms with Crippen LogP contribution in [0.5, 0.6) is 5.75 Å². The number of carbonyl (C=O) groups is 1. The number of benzene rings is 2. The fourth-order valence-corrected chi connectivity index (χ4v) is 3.03. The molecule has 1 heterocycles. The lowest BCUT2D eigenvalue weighted by atomic mass is 10.1. The summed E-state index contributed by atoms with van der Waals surface area (Å²) in [6, 6.07) is 15.5. The van der Waals surface area contributed by atoms with E-state index < -0.39 is 0 Å². The molecule has 4 nitrogen and oxygen atoms in total. The van der Waals surface area contributed by atoms with Crippen molar-refractivity contribution in [3.05, 3.63) is 71.8 Å². The molecular formula is C21H23NO3. The predicted octanol–water partition coefficient (Wildman–Crippen LogP) is 3.42. The first kappa shape index (κ1) is 17.2. The Labute approximate surface area is 148 Å². The number of amides is 1. The monoisotopic (exact) mass is 337 g/mol. The molecule has 0 saturated carbocycles. The summed E-state index contributed by atoms with van der Waals surface area (Å²) in [5, 5.41) is 0. The van der Waals surface area contributed by atoms with Crippen LogP contribution in [0.4, 0.5) is 0 Å². The fraction of sp³-hybridized carbons (Fsp3) is 0.286. The molecule has 1 aliphatic rings. The van der Waals surface area contributed by atoms with E-state index in [0.29, 0.717) is 25.3 Å². The van der Waals surface area contributed by atoms with E-state index in [9.17, 15) is 4.79 Å². The van der Waals surface area contributed by atoms with Crippen LogP contribution in [-0.2, 0) is 11.2 Å². The fourth-order valence-electron chi connectivity index (χ4n) is 3.03. The van der Waals surface area contributed by atoms with Gasteiger partial charge in [-0.3, -0.25) is 4.79 Å². The molecule has 130 valence electrons. The minimum absolute atomic E-state index is 0.00254. The third kappa shape index (κ3) is 4.28. The summed E-state index contributed by atoms with van der Waals surface area (Å²) in [4.78, 5) is 14.6. The van der Waals surface area contributed by atoms with Crippen LogP contribution in [0, 0.1) is 0 Å². The first-order valence-electron chi connectivity index (χ1n) is 8.46. The molecule has 1 fully saturated rings. The van der Waals surface area contributed by atoms with Crippen LogP contribution in [0.25, 0.3) is 6.08 Å². The van der Waals surface area contributed by atoms with Crippen molar-refractivity contribution >= 4 is 12.0 Å². The van der Waals surface area contributed by atoms with Crippen LogP contribution in [0.3, 0.4) is 0 Å². The molecule has 0 N–H and O–H groups in total. The number of hydrogen-bond acceptors (Lipinski definition) is 3. The Balaban J connectivity index is 1.65. The van der Waals surface area contributed by atoms with Gasteiger partial charge in [-0.15, -0.1) is 0 Å². The van der Waals surface area contributed by atoms with E-state index in [2.05, 4.69) is 12.6 Å². The maximum Gasteiger partial charge on any atom is 0.254 e. The smallest absolute Gasteiger partial charge is 0.254 e. The Morgan fingerprint density at radius 1 is 1.32 bits per heavy atom. The number of rotatable bonds is 5. The number of carbonyl (C=O) groups excluding carboxylic acids is 1. The highest BCUT2D eigenvalue weighted by Gasteiger charge is 2.25. The zero-order valence-electron chi connectivity index (χ0n) is 14.5. The standard InChI is InChI=1S/C21H23NO3/c1-3-16-7-9-18(10-8-16)21(23)22-11-12-25-20(15-22)14-17-5-4-6-19(13-17)24-2/h3-10,13,20H,1,11-12,14-15H2,2H3. The summed E-state index contributed by atoms with van der Waals surface area (Å²) < 4.78 is 11.1. The van der Waals surface area contributed by atoms with Crippen molar-refractivity contribution in [3.8, 4) is 5.75 Å². The van der Waals surface area contributed by atoms with Crippen molar-refractivity contribution in [1.29, 1.82) is 0 Å². The maximum atomic E-state index is 12.7. The van der Waals surface area contributed by atoms with E-state index in [0.717, 1.165) is 23.3 Å². The van der Waals surface area contributed by atoms with Crippen LogP contribution in [0.15, 0.2) is 55.1 Å². The van der Waals surface area contributed by atoms with Gasteiger partial charge in [0, 0.05) is 25.1 Å². The van der Waals surface area contributed by atoms with Gasteiger partial charge in [-0.2, -0.15) is 0 Å². The lowest BCUT2D eigenvalue weighted by Gasteiger charge is -2.33. The summed E-state index contributed by atoms with van der Waals surface area (Å²) in [6.07, 6.45) is 2.53. The molecule has 0 bridgehead atoms. The molecule has 1 amide bonds. The first-order valence-corrected chi connectivity index (χ1v) is 8.46. The second kappa shape index (κ2) is 7.99. The van der Waals surface area contributed by atoms with Crippen molar-refractivity contribution in [2.24, 2.45) is 0 Å². The minimum Gasteiger partial charge on any atom is -0.497 e. The lowest BCUT2D eigenvalue weighted by Crippen LogP contribution is -2.46. The van der Waals surface area contributed by atoms with Crippen LogP contribution in [-0.4, -0.2) is 43.7 Å². The molecule has 0 aromatic heterocycles. The van der Waals surface area contributed by atoms with E-state index in [1.807, 2.05) is 47.4 Å². The topological polar surface area (TPSA) is 38.8 Å². The molecule has 25 heavy (non-hydrogen) atoms. The van der Waals surface area contributed by atoms with Gasteiger partial charge in [0.05, 0.1) is 19.8 Å². The number of ether oxygens (including phenoxy) is 2. The second-order valence-electron chi connectivity index (χ2n) is 6.13. The van der Waals surface area contributed by atoms with Crippen LogP contribution in [0.1, 0.15) is 21.5 Å². The summed E-state index contributed by atoms with van der Waals surface area (Å²) in [5.41, 5.74) is 2.86. The van der Waals surface area contributed by atoms with E-state index in [1.54, 1.807) is 13.2 Å². The molecule has 1 saturated heterocycles. The SMILES string of the molecule is C=Cc1ccc(C(=O)N2CCOC(Cc3cccc(OC)c3)C2)cc1. The number of hydrogen-bond donors (Lipinski definition) is 0. The van der Waals surface area contributed by atoms with Gasteiger partial charge in [-0.25, -0.2) is 0 Å². The van der Waals surface area contributed by atoms with Gasteiger partial charge >= 0.3 is 0 Å². The van der Waals surface area contributed by atoms with Gasteiger partial charge in [-0.05, 0) is 35.4 Å². The third-order valence-electron chi connectivity index (χ3n) is 4.42. The molecule has 1 unspecified atom stereocenters. The third-order valence-corrected chi connectivity index (χ3v) is 4.42. The zero-order valence-corrected chi connectivity index (χ0v) is 14.5. The molecule has 1 aliphatic heterocycles. The van der Waals surface area contributed by atoms with E-state index in [1.165, 1.54) is 0 Å². The van der Waals surface area contributed by atoms with Gasteiger partial charge < -0.3 is 14.4 Å². The highest BCUT2D eigenvalue weighted by Crippen LogP contribution is 2.18. The predicted molar refractivity (Wildman–Crippen MR) is 98.9 cm³/mol. The second-order valence-corrected chi connectivity index (χ2v) is 6.13. The van der Waals surface area contributed by atoms with Crippen LogP contribution >= 0.6 is 0 Å². The van der Waals surface area contributed by atoms with Gasteiger partial charge in [0.1, 0.15) is 5.75 Å². The highest BCUT2D eigenvalue weighted by atomic mass is 16.5. The van der Waals surface area contributed by atoms with Crippen LogP contribution in [0.2, 0.25) is 0 Å². The van der Waals surface area contributed by atoms with Gasteiger partial charge in [0.15, 0.2) is 0 Å². The molecular weight excluding hydrogens is 314 g/mol. The maximum absolute atomic E-state index is 12.7. The number of nitrogens with zero attached hydrogens (tertiary/aromatic N) is 1. The minimum atomic E-state index is -0.00254. The number of methoxy groups -OCH3 is 1. The quantitative estimate of drug-likeness (QED) is 0.839. The molecule has 2 aromatic carbocycles. The molecule has 0 radical (unpaired) electrons. The van der Waals surface area contributed by atoms with Gasteiger partial charge in [0.25, 0.3) is 5.91 Å². The van der Waals surface area contributed by atoms with Crippen molar-refractivity contribution in [2.45, 2.75) is 12.5 Å². The largest absolute Gasteiger partial charge is 0.497 e. The van der Waals surface area contributed by atoms with E-state index >= 15 is 0 Å². The number of morpholine rings is 1. The van der Waals surface area contributed by atoms with Crippen LogP contribution < -0.4 is 4.74 Å². The Kier molecular flexibility index (Phi) is 5.51. The summed E-state index contributed by atoms with van der Waals surface area (Å²) >= 11 is 0. The summed E-state index contributed by atoms with van der Waals surface area (Å²) in [5.74, 6) is 0.887. The molecule has 0 spiro atoms. The molecule has 0 aliphatic carbocycles. The molecule has 4 heteroatoms. The van der Waals surface area contributed by atoms with Crippen molar-refractivity contribution in [1.82, 2.24) is 4.90 Å². The summed E-state index contributed by atoms with van der Waals surface area (Å²) in [7, 11) is 1.66. The normalized spacial score (nSPS) is 17.2. The van der Waals surface area contributed by atoms with Crippen molar-refractivity contribution in [3.63, 3.8) is 0 Å². The lowest BCUT2D eigenvalue weighted by molar-refractivity contribution is -0.0208. The van der Waals surface area contributed by atoms with Gasteiger partial charge in [-0.1, -0.05) is 36.9 Å². The van der Waals surface area contributed by atoms with Crippen molar-refractivity contribution in [2.75, 3.05) is 26.8 Å². The van der Waals surface area contributed by atoms with Crippen molar-refractivity contribution < 1.29 is 14.3 Å². The average Bonchev–Trinajstić information content (AvgIpc) is 2.68. The summed E-state index contributed by atoms with van der Waals surface area (Å²) in [6.45, 7) is 5.52. The van der Waals surface area contributed by atoms with E-state index in [-0.39, 0.29) is 12.0 Å². The van der Waals surface area contributed by atoms with Gasteiger partial charge in [0.2, 0.25) is 0 Å². The Morgan fingerprint density at radius 3 is 2.84 bits per heavy atom. The van der Waals surface area contributed by atoms with E-state index in [4.69, 9.17) is 9.47 Å². The molecule has 2 aromatic rings. The Hall–Kier alpha value is -2.59. The molecule has 3 rings (SSSR count). The zero-order chi connectivity index (χ0) is 17.6. The highest BCUT2D eigenvalue weighted by molar-refractivity contribution is 5.94. The average molecular weight is 337 g/mol. The molecule has 1 atom stereocenters. The Bertz CT molecular complexity index is 739. The Morgan fingerprint density at radius 2 is 2.12 bits per heavy atom. The first-order chi connectivity index (χ1) is 12.2.